The van der Waals surface area contributed by atoms with Crippen LogP contribution in [-0.4, -0.2) is 25.2 Å². The molecule has 3 rings (SSSR count). The maximum Gasteiger partial charge on any atom is 0.335 e. The number of imidazole rings is 1. The molecule has 0 aliphatic rings. The zero-order valence-electron chi connectivity index (χ0n) is 11.8. The summed E-state index contributed by atoms with van der Waals surface area (Å²) in [4.78, 5) is 25.2. The Hall–Kier alpha value is -0.720. The molecule has 0 aliphatic carbocycles. The zero-order chi connectivity index (χ0) is 17.5. The molecule has 0 amide bonds. The highest BCUT2D eigenvalue weighted by molar-refractivity contribution is 8.04. The number of nitrogens with zero attached hydrogens (tertiary/aromatic N) is 1. The minimum atomic E-state index is -4.10. The van der Waals surface area contributed by atoms with Gasteiger partial charge >= 0.3 is 7.60 Å². The lowest BCUT2D eigenvalue weighted by Crippen LogP contribution is -1.83. The van der Waals surface area contributed by atoms with Gasteiger partial charge in [0.05, 0.1) is 26.1 Å². The maximum atomic E-state index is 11.0. The van der Waals surface area contributed by atoms with Crippen LogP contribution in [0.15, 0.2) is 35.5 Å². The number of H-pyrrole nitrogens is 1. The third-order valence-electron chi connectivity index (χ3n) is 3.15. The van der Waals surface area contributed by atoms with E-state index in [1.807, 2.05) is 0 Å². The third-order valence-corrected chi connectivity index (χ3v) is 6.53. The first-order valence-corrected chi connectivity index (χ1v) is 10.5. The van der Waals surface area contributed by atoms with Crippen LogP contribution in [0.5, 0.6) is 0 Å². The summed E-state index contributed by atoms with van der Waals surface area (Å²) in [7, 11) is -4.10. The summed E-state index contributed by atoms with van der Waals surface area (Å²) >= 11 is 19.3. The first kappa shape index (κ1) is 18.1. The number of rotatable bonds is 4. The van der Waals surface area contributed by atoms with Crippen LogP contribution >= 0.6 is 54.2 Å². The Morgan fingerprint density at radius 3 is 2.50 bits per heavy atom. The average molecular weight is 424 g/mol. The number of benzene rings is 2. The Bertz CT molecular complexity index is 973. The number of aromatic nitrogens is 2. The highest BCUT2D eigenvalue weighted by Crippen LogP contribution is 2.41. The predicted molar refractivity (Wildman–Crippen MR) is 99.3 cm³/mol. The van der Waals surface area contributed by atoms with Crippen molar-refractivity contribution in [1.29, 1.82) is 0 Å². The first-order valence-electron chi connectivity index (χ1n) is 6.55. The third kappa shape index (κ3) is 4.09. The molecule has 0 radical (unpaired) electrons. The van der Waals surface area contributed by atoms with Crippen molar-refractivity contribution in [3.63, 3.8) is 0 Å². The molecule has 1 heterocycles. The molecule has 24 heavy (non-hydrogen) atoms. The van der Waals surface area contributed by atoms with E-state index in [1.54, 1.807) is 30.3 Å². The van der Waals surface area contributed by atoms with Gasteiger partial charge in [0.1, 0.15) is 5.49 Å². The van der Waals surface area contributed by atoms with Gasteiger partial charge in [-0.3, -0.25) is 4.57 Å². The van der Waals surface area contributed by atoms with E-state index in [0.29, 0.717) is 31.3 Å². The fourth-order valence-electron chi connectivity index (χ4n) is 2.11. The van der Waals surface area contributed by atoms with E-state index in [-0.39, 0.29) is 5.49 Å². The Balaban J connectivity index is 2.00. The molecule has 1 aromatic heterocycles. The molecule has 0 saturated carbocycles. The van der Waals surface area contributed by atoms with Crippen molar-refractivity contribution in [2.45, 2.75) is 5.16 Å². The molecule has 0 spiro atoms. The van der Waals surface area contributed by atoms with E-state index in [2.05, 4.69) is 9.97 Å². The van der Waals surface area contributed by atoms with Crippen molar-refractivity contribution in [1.82, 2.24) is 9.97 Å². The van der Waals surface area contributed by atoms with Gasteiger partial charge in [-0.15, -0.1) is 0 Å². The highest BCUT2D eigenvalue weighted by Gasteiger charge is 2.16. The van der Waals surface area contributed by atoms with Crippen molar-refractivity contribution in [3.05, 3.63) is 45.4 Å². The van der Waals surface area contributed by atoms with Crippen LogP contribution in [0.3, 0.4) is 0 Å². The highest BCUT2D eigenvalue weighted by atomic mass is 35.5. The van der Waals surface area contributed by atoms with E-state index in [1.165, 1.54) is 0 Å². The van der Waals surface area contributed by atoms with Gasteiger partial charge in [-0.25, -0.2) is 4.98 Å². The van der Waals surface area contributed by atoms with Crippen molar-refractivity contribution < 1.29 is 14.4 Å². The largest absolute Gasteiger partial charge is 0.335 e. The van der Waals surface area contributed by atoms with Crippen LogP contribution in [-0.2, 0) is 4.57 Å². The second-order valence-electron chi connectivity index (χ2n) is 4.96. The lowest BCUT2D eigenvalue weighted by molar-refractivity contribution is 0.379. The fraction of sp³-hybridized carbons (Fsp3) is 0.0714. The average Bonchev–Trinajstić information content (AvgIpc) is 2.88. The van der Waals surface area contributed by atoms with Gasteiger partial charge in [-0.1, -0.05) is 52.6 Å². The quantitative estimate of drug-likeness (QED) is 0.385. The van der Waals surface area contributed by atoms with Gasteiger partial charge in [-0.2, -0.15) is 0 Å². The first-order chi connectivity index (χ1) is 11.2. The number of hydrogen-bond acceptors (Lipinski definition) is 3. The SMILES string of the molecule is O=P(O)(O)CSc1nc2cc(-c3ccc(Cl)c(Cl)c3)c(Cl)cc2[nH]1. The molecule has 0 aliphatic heterocycles. The Labute approximate surface area is 156 Å². The lowest BCUT2D eigenvalue weighted by atomic mass is 10.1. The molecule has 0 bridgehead atoms. The molecule has 3 aromatic rings. The van der Waals surface area contributed by atoms with Gasteiger partial charge < -0.3 is 14.8 Å². The number of aromatic amines is 1. The number of halogens is 3. The molecule has 0 unspecified atom stereocenters. The monoisotopic (exact) mass is 422 g/mol. The van der Waals surface area contributed by atoms with Crippen LogP contribution in [0.1, 0.15) is 0 Å². The lowest BCUT2D eigenvalue weighted by Gasteiger charge is -2.06. The van der Waals surface area contributed by atoms with Crippen LogP contribution in [0.2, 0.25) is 15.1 Å². The predicted octanol–water partition coefficient (Wildman–Crippen LogP) is 5.42. The van der Waals surface area contributed by atoms with E-state index in [9.17, 15) is 4.57 Å². The zero-order valence-corrected chi connectivity index (χ0v) is 15.8. The van der Waals surface area contributed by atoms with Crippen molar-refractivity contribution in [2.24, 2.45) is 0 Å². The molecule has 0 fully saturated rings. The maximum absolute atomic E-state index is 11.0. The second kappa shape index (κ2) is 6.89. The minimum Gasteiger partial charge on any atom is -0.333 e. The molecule has 3 N–H and O–H groups in total. The fourth-order valence-corrected chi connectivity index (χ4v) is 4.18. The Kier molecular flexibility index (Phi) is 5.19. The van der Waals surface area contributed by atoms with Crippen LogP contribution < -0.4 is 0 Å². The molecular formula is C14H10Cl3N2O3PS. The number of nitrogens with one attached hydrogen (secondary N) is 1. The molecule has 2 aromatic carbocycles. The molecule has 5 nitrogen and oxygen atoms in total. The molecular weight excluding hydrogens is 414 g/mol. The van der Waals surface area contributed by atoms with E-state index < -0.39 is 7.60 Å². The summed E-state index contributed by atoms with van der Waals surface area (Å²) in [6.45, 7) is 0. The summed E-state index contributed by atoms with van der Waals surface area (Å²) in [6.07, 6.45) is 0. The van der Waals surface area contributed by atoms with Gasteiger partial charge in [-0.05, 0) is 29.8 Å². The second-order valence-corrected chi connectivity index (χ2v) is 9.22. The smallest absolute Gasteiger partial charge is 0.333 e. The Morgan fingerprint density at radius 1 is 1.08 bits per heavy atom. The van der Waals surface area contributed by atoms with Gasteiger partial charge in [0, 0.05) is 5.56 Å². The minimum absolute atomic E-state index is 0.347. The van der Waals surface area contributed by atoms with Crippen molar-refractivity contribution in [3.8, 4) is 11.1 Å². The van der Waals surface area contributed by atoms with Crippen LogP contribution in [0, 0.1) is 0 Å². The summed E-state index contributed by atoms with van der Waals surface area (Å²) in [6, 6.07) is 8.70. The van der Waals surface area contributed by atoms with Gasteiger partial charge in [0.15, 0.2) is 5.16 Å². The van der Waals surface area contributed by atoms with Crippen LogP contribution in [0.25, 0.3) is 22.2 Å². The standard InChI is InChI=1S/C14H10Cl3N2O3PS/c15-9-2-1-7(3-11(9)17)8-4-12-13(5-10(8)16)19-14(18-12)24-6-23(20,21)22/h1-5H,6H2,(H,18,19)(H2,20,21,22). The molecule has 0 saturated heterocycles. The summed E-state index contributed by atoms with van der Waals surface area (Å²) in [5, 5.41) is 1.78. The van der Waals surface area contributed by atoms with E-state index in [0.717, 1.165) is 22.9 Å². The topological polar surface area (TPSA) is 86.2 Å². The number of thioether (sulfide) groups is 1. The summed E-state index contributed by atoms with van der Waals surface area (Å²) in [5.41, 5.74) is 2.50. The van der Waals surface area contributed by atoms with Gasteiger partial charge in [0.25, 0.3) is 0 Å². The molecule has 0 atom stereocenters. The Morgan fingerprint density at radius 2 is 1.83 bits per heavy atom. The number of fused-ring (bicyclic) bond motifs is 1. The summed E-state index contributed by atoms with van der Waals surface area (Å²) < 4.78 is 11.0. The van der Waals surface area contributed by atoms with Crippen LogP contribution in [0.4, 0.5) is 0 Å². The number of hydrogen-bond donors (Lipinski definition) is 3. The molecule has 126 valence electrons. The van der Waals surface area contributed by atoms with E-state index >= 15 is 0 Å². The van der Waals surface area contributed by atoms with E-state index in [4.69, 9.17) is 44.6 Å². The van der Waals surface area contributed by atoms with Gasteiger partial charge in [0.2, 0.25) is 0 Å². The van der Waals surface area contributed by atoms with Crippen molar-refractivity contribution >= 4 is 65.2 Å². The molecule has 10 heteroatoms. The summed E-state index contributed by atoms with van der Waals surface area (Å²) in [5.74, 6) is 0. The van der Waals surface area contributed by atoms with Crippen molar-refractivity contribution in [2.75, 3.05) is 5.49 Å². The normalized spacial score (nSPS) is 12.0.